The van der Waals surface area contributed by atoms with Gasteiger partial charge in [0.1, 0.15) is 11.6 Å². The highest BCUT2D eigenvalue weighted by atomic mass is 35.5. The van der Waals surface area contributed by atoms with Gasteiger partial charge in [0.25, 0.3) is 5.69 Å². The molecule has 1 heterocycles. The molecule has 0 aliphatic heterocycles. The molecule has 104 valence electrons. The summed E-state index contributed by atoms with van der Waals surface area (Å²) < 4.78 is 13.2. The van der Waals surface area contributed by atoms with Crippen LogP contribution in [0.15, 0.2) is 22.4 Å². The number of benzene rings is 1. The molecule has 0 radical (unpaired) electrons. The first-order chi connectivity index (χ1) is 9.40. The van der Waals surface area contributed by atoms with E-state index in [4.69, 9.17) is 23.1 Å². The third kappa shape index (κ3) is 2.49. The lowest BCUT2D eigenvalue weighted by atomic mass is 10.2. The number of nitrogens with zero attached hydrogens (tertiary/aromatic N) is 4. The number of aromatic amines is 1. The Labute approximate surface area is 115 Å². The Balaban J connectivity index is 2.48. The summed E-state index contributed by atoms with van der Waals surface area (Å²) in [4.78, 5) is 10.00. The van der Waals surface area contributed by atoms with E-state index in [9.17, 15) is 14.5 Å². The van der Waals surface area contributed by atoms with Gasteiger partial charge in [-0.25, -0.2) is 4.39 Å². The van der Waals surface area contributed by atoms with Crippen molar-refractivity contribution in [2.45, 2.75) is 0 Å². The van der Waals surface area contributed by atoms with E-state index in [2.05, 4.69) is 20.4 Å². The number of nitro benzene ring substituents is 1. The summed E-state index contributed by atoms with van der Waals surface area (Å²) in [6.07, 6.45) is 0. The average molecular weight is 300 g/mol. The Morgan fingerprint density at radius 2 is 2.10 bits per heavy atom. The minimum absolute atomic E-state index is 0.0258. The molecule has 1 aromatic carbocycles. The summed E-state index contributed by atoms with van der Waals surface area (Å²) in [6.45, 7) is 0. The van der Waals surface area contributed by atoms with Gasteiger partial charge in [0.05, 0.1) is 16.0 Å². The number of anilines is 2. The van der Waals surface area contributed by atoms with Crippen LogP contribution in [0.3, 0.4) is 0 Å². The quantitative estimate of drug-likeness (QED) is 0.452. The van der Waals surface area contributed by atoms with Gasteiger partial charge < -0.3 is 11.5 Å². The second-order valence-electron chi connectivity index (χ2n) is 3.58. The van der Waals surface area contributed by atoms with Crippen molar-refractivity contribution in [3.63, 3.8) is 0 Å². The number of aromatic nitrogens is 2. The number of hydrogen-bond acceptors (Lipinski definition) is 7. The van der Waals surface area contributed by atoms with Crippen LogP contribution in [-0.2, 0) is 0 Å². The van der Waals surface area contributed by atoms with E-state index >= 15 is 0 Å². The molecular weight excluding hydrogens is 293 g/mol. The van der Waals surface area contributed by atoms with Gasteiger partial charge in [0.15, 0.2) is 17.2 Å². The molecule has 2 aromatic rings. The summed E-state index contributed by atoms with van der Waals surface area (Å²) in [6, 6.07) is 1.63. The summed E-state index contributed by atoms with van der Waals surface area (Å²) in [5.41, 5.74) is 10.2. The molecule has 0 spiro atoms. The summed E-state index contributed by atoms with van der Waals surface area (Å²) in [5.74, 6) is -0.913. The molecule has 0 aliphatic rings. The molecule has 5 N–H and O–H groups in total. The third-order valence-electron chi connectivity index (χ3n) is 2.27. The van der Waals surface area contributed by atoms with Crippen molar-refractivity contribution < 1.29 is 9.31 Å². The maximum atomic E-state index is 13.2. The highest BCUT2D eigenvalue weighted by Gasteiger charge is 2.18. The van der Waals surface area contributed by atoms with Crippen LogP contribution in [0.2, 0.25) is 5.02 Å². The van der Waals surface area contributed by atoms with Gasteiger partial charge in [0.2, 0.25) is 0 Å². The van der Waals surface area contributed by atoms with E-state index in [-0.39, 0.29) is 28.0 Å². The van der Waals surface area contributed by atoms with E-state index < -0.39 is 16.4 Å². The summed E-state index contributed by atoms with van der Waals surface area (Å²) in [5, 5.41) is 23.7. The molecule has 0 fully saturated rings. The number of nitrogens with one attached hydrogen (secondary N) is 1. The van der Waals surface area contributed by atoms with Crippen LogP contribution in [-0.4, -0.2) is 15.1 Å². The Kier molecular flexibility index (Phi) is 3.48. The fraction of sp³-hybridized carbons (Fsp3) is 0. The fourth-order valence-corrected chi connectivity index (χ4v) is 1.48. The second-order valence-corrected chi connectivity index (χ2v) is 3.99. The van der Waals surface area contributed by atoms with Crippen molar-refractivity contribution in [1.29, 1.82) is 0 Å². The Morgan fingerprint density at radius 3 is 2.65 bits per heavy atom. The van der Waals surface area contributed by atoms with Gasteiger partial charge in [0, 0.05) is 0 Å². The van der Waals surface area contributed by atoms with Crippen molar-refractivity contribution in [1.82, 2.24) is 10.2 Å². The van der Waals surface area contributed by atoms with Crippen LogP contribution in [0.1, 0.15) is 0 Å². The lowest BCUT2D eigenvalue weighted by Gasteiger charge is -1.99. The topological polar surface area (TPSA) is 149 Å². The molecule has 0 amide bonds. The van der Waals surface area contributed by atoms with Gasteiger partial charge in [-0.05, 0) is 6.07 Å². The lowest BCUT2D eigenvalue weighted by molar-refractivity contribution is -0.384. The molecule has 9 nitrogen and oxygen atoms in total. The number of halogens is 2. The van der Waals surface area contributed by atoms with Crippen LogP contribution >= 0.6 is 11.6 Å². The molecule has 11 heteroatoms. The number of nitrogens with two attached hydrogens (primary N) is 2. The van der Waals surface area contributed by atoms with Crippen LogP contribution in [0.5, 0.6) is 0 Å². The van der Waals surface area contributed by atoms with Crippen molar-refractivity contribution in [3.8, 4) is 0 Å². The van der Waals surface area contributed by atoms with E-state index in [1.807, 2.05) is 0 Å². The van der Waals surface area contributed by atoms with E-state index in [1.54, 1.807) is 0 Å². The Bertz CT molecular complexity index is 695. The molecule has 0 unspecified atom stereocenters. The van der Waals surface area contributed by atoms with Gasteiger partial charge in [-0.2, -0.15) is 5.10 Å². The van der Waals surface area contributed by atoms with Gasteiger partial charge >= 0.3 is 0 Å². The van der Waals surface area contributed by atoms with Crippen LogP contribution < -0.4 is 11.5 Å². The maximum Gasteiger partial charge on any atom is 0.299 e. The zero-order valence-corrected chi connectivity index (χ0v) is 10.4. The number of H-pyrrole nitrogens is 1. The van der Waals surface area contributed by atoms with Crippen molar-refractivity contribution in [2.24, 2.45) is 10.2 Å². The molecule has 0 atom stereocenters. The van der Waals surface area contributed by atoms with Crippen LogP contribution in [0.4, 0.5) is 33.1 Å². The molecule has 2 rings (SSSR count). The smallest absolute Gasteiger partial charge is 0.299 e. The van der Waals surface area contributed by atoms with Gasteiger partial charge in [-0.3, -0.25) is 15.2 Å². The normalized spacial score (nSPS) is 11.1. The molecule has 20 heavy (non-hydrogen) atoms. The monoisotopic (exact) mass is 299 g/mol. The van der Waals surface area contributed by atoms with Crippen LogP contribution in [0.25, 0.3) is 0 Å². The maximum absolute atomic E-state index is 13.2. The number of azo groups is 1. The Morgan fingerprint density at radius 1 is 1.40 bits per heavy atom. The summed E-state index contributed by atoms with van der Waals surface area (Å²) >= 11 is 5.55. The van der Waals surface area contributed by atoms with Gasteiger partial charge in [-0.15, -0.1) is 10.2 Å². The zero-order valence-electron chi connectivity index (χ0n) is 9.67. The number of hydrogen-bond donors (Lipinski definition) is 3. The van der Waals surface area contributed by atoms with Crippen molar-refractivity contribution >= 4 is 40.3 Å². The summed E-state index contributed by atoms with van der Waals surface area (Å²) in [7, 11) is 0. The second kappa shape index (κ2) is 5.09. The minimum atomic E-state index is -0.931. The van der Waals surface area contributed by atoms with Crippen molar-refractivity contribution in [3.05, 3.63) is 33.1 Å². The largest absolute Gasteiger partial charge is 0.382 e. The molecule has 0 aliphatic carbocycles. The number of rotatable bonds is 3. The minimum Gasteiger partial charge on any atom is -0.382 e. The zero-order chi connectivity index (χ0) is 14.9. The molecular formula is C9H7ClFN7O2. The Hall–Kier alpha value is -2.75. The van der Waals surface area contributed by atoms with E-state index in [1.165, 1.54) is 0 Å². The highest BCUT2D eigenvalue weighted by molar-refractivity contribution is 6.31. The molecule has 1 aromatic heterocycles. The SMILES string of the molecule is Nc1n[nH]c(N)c1N=Nc1cc(Cl)c(F)cc1[N+](=O)[O-]. The van der Waals surface area contributed by atoms with Crippen LogP contribution in [0, 0.1) is 15.9 Å². The lowest BCUT2D eigenvalue weighted by Crippen LogP contribution is -1.90. The molecule has 0 saturated heterocycles. The predicted molar refractivity (Wildman–Crippen MR) is 69.7 cm³/mol. The standard InChI is InChI=1S/C9H7ClFN7O2/c10-3-1-5(6(18(19)20)2-4(3)11)14-15-7-8(12)16-17-9(7)13/h1-2H,(H5,12,13,16,17). The molecule has 0 saturated carbocycles. The van der Waals surface area contributed by atoms with Crippen molar-refractivity contribution in [2.75, 3.05) is 11.5 Å². The third-order valence-corrected chi connectivity index (χ3v) is 2.56. The van der Waals surface area contributed by atoms with E-state index in [0.717, 1.165) is 6.07 Å². The number of nitro groups is 1. The first kappa shape index (κ1) is 13.7. The molecule has 0 bridgehead atoms. The predicted octanol–water partition coefficient (Wildman–Crippen LogP) is 2.69. The number of nitrogen functional groups attached to an aromatic ring is 2. The first-order valence-electron chi connectivity index (χ1n) is 5.04. The van der Waals surface area contributed by atoms with Gasteiger partial charge in [-0.1, -0.05) is 11.6 Å². The average Bonchev–Trinajstić information content (AvgIpc) is 2.70. The fourth-order valence-electron chi connectivity index (χ4n) is 1.33. The van der Waals surface area contributed by atoms with E-state index in [0.29, 0.717) is 6.07 Å². The highest BCUT2D eigenvalue weighted by Crippen LogP contribution is 2.35. The first-order valence-corrected chi connectivity index (χ1v) is 5.42.